The number of aliphatic hydroxyl groups excluding tert-OH is 2. The van der Waals surface area contributed by atoms with Crippen molar-refractivity contribution in [1.82, 2.24) is 21.4 Å². The number of hydrazone groups is 1. The number of hydrazine groups is 2. The van der Waals surface area contributed by atoms with Gasteiger partial charge in [-0.2, -0.15) is 5.43 Å². The van der Waals surface area contributed by atoms with Crippen molar-refractivity contribution in [2.75, 3.05) is 0 Å². The molecule has 0 fully saturated rings. The van der Waals surface area contributed by atoms with Gasteiger partial charge in [0.15, 0.2) is 5.84 Å². The van der Waals surface area contributed by atoms with E-state index in [-0.39, 0.29) is 0 Å². The van der Waals surface area contributed by atoms with E-state index in [1.54, 1.807) is 6.92 Å². The molecule has 0 amide bonds. The Morgan fingerprint density at radius 3 is 2.67 bits per heavy atom. The van der Waals surface area contributed by atoms with Gasteiger partial charge in [0.05, 0.1) is 0 Å². The molecule has 15 heavy (non-hydrogen) atoms. The van der Waals surface area contributed by atoms with Crippen molar-refractivity contribution >= 4 is 5.84 Å². The minimum atomic E-state index is -0.778. The molecular formula is C7H16N6O2. The van der Waals surface area contributed by atoms with Crippen molar-refractivity contribution in [3.8, 4) is 0 Å². The second kappa shape index (κ2) is 4.82. The fourth-order valence-electron chi connectivity index (χ4n) is 0.986. The second-order valence-corrected chi connectivity index (χ2v) is 3.13. The standard InChI is InChI=1S/C7H16N6O2/c1-4(14)9-7-3-6(8)11-13(12-7)10-5(2)15/h3-5,10-11,14-15H,8H2,1-2H3,(H,9,12). The Balaban J connectivity index is 2.63. The van der Waals surface area contributed by atoms with Crippen molar-refractivity contribution in [3.63, 3.8) is 0 Å². The molecule has 1 aliphatic heterocycles. The van der Waals surface area contributed by atoms with Crippen molar-refractivity contribution < 1.29 is 10.2 Å². The summed E-state index contributed by atoms with van der Waals surface area (Å²) in [5, 5.41) is 25.9. The van der Waals surface area contributed by atoms with Gasteiger partial charge in [-0.15, -0.1) is 10.3 Å². The normalized spacial score (nSPS) is 19.9. The van der Waals surface area contributed by atoms with Crippen LogP contribution in [0.3, 0.4) is 0 Å². The number of nitrogens with zero attached hydrogens (tertiary/aromatic N) is 2. The first kappa shape index (κ1) is 11.6. The third-order valence-electron chi connectivity index (χ3n) is 1.40. The lowest BCUT2D eigenvalue weighted by Crippen LogP contribution is -2.52. The van der Waals surface area contributed by atoms with E-state index >= 15 is 0 Å². The van der Waals surface area contributed by atoms with Gasteiger partial charge in [0, 0.05) is 6.08 Å². The minimum absolute atomic E-state index is 0.335. The van der Waals surface area contributed by atoms with Crippen LogP contribution in [-0.4, -0.2) is 33.7 Å². The lowest BCUT2D eigenvalue weighted by molar-refractivity contribution is 0.0204. The van der Waals surface area contributed by atoms with Crippen molar-refractivity contribution in [2.45, 2.75) is 26.3 Å². The Hall–Kier alpha value is -1.51. The van der Waals surface area contributed by atoms with Gasteiger partial charge in [-0.25, -0.2) is 0 Å². The zero-order valence-electron chi connectivity index (χ0n) is 8.60. The third kappa shape index (κ3) is 4.02. The molecule has 7 N–H and O–H groups in total. The maximum absolute atomic E-state index is 9.09. The summed E-state index contributed by atoms with van der Waals surface area (Å²) in [6, 6.07) is 0. The highest BCUT2D eigenvalue weighted by Crippen LogP contribution is 1.95. The number of hydrogen-bond acceptors (Lipinski definition) is 8. The van der Waals surface area contributed by atoms with Gasteiger partial charge in [-0.05, 0) is 13.8 Å². The number of nitrogens with one attached hydrogen (secondary N) is 3. The highest BCUT2D eigenvalue weighted by atomic mass is 16.3. The molecule has 8 nitrogen and oxygen atoms in total. The molecule has 1 rings (SSSR count). The van der Waals surface area contributed by atoms with Crippen LogP contribution in [0.4, 0.5) is 0 Å². The lowest BCUT2D eigenvalue weighted by Gasteiger charge is -2.27. The molecular weight excluding hydrogens is 200 g/mol. The average Bonchev–Trinajstić information content (AvgIpc) is 1.98. The van der Waals surface area contributed by atoms with Gasteiger partial charge in [0.1, 0.15) is 18.3 Å². The van der Waals surface area contributed by atoms with E-state index in [9.17, 15) is 0 Å². The van der Waals surface area contributed by atoms with Crippen molar-refractivity contribution in [1.29, 1.82) is 0 Å². The van der Waals surface area contributed by atoms with Crippen molar-refractivity contribution in [2.24, 2.45) is 10.8 Å². The largest absolute Gasteiger partial charge is 0.384 e. The summed E-state index contributed by atoms with van der Waals surface area (Å²) in [6.45, 7) is 3.09. The minimum Gasteiger partial charge on any atom is -0.384 e. The van der Waals surface area contributed by atoms with Gasteiger partial charge >= 0.3 is 0 Å². The topological polar surface area (TPSA) is 118 Å². The maximum Gasteiger partial charge on any atom is 0.155 e. The van der Waals surface area contributed by atoms with Gasteiger partial charge < -0.3 is 21.3 Å². The first-order chi connectivity index (χ1) is 6.97. The molecule has 0 aromatic carbocycles. The van der Waals surface area contributed by atoms with Crippen LogP contribution in [-0.2, 0) is 0 Å². The summed E-state index contributed by atoms with van der Waals surface area (Å²) >= 11 is 0. The smallest absolute Gasteiger partial charge is 0.155 e. The van der Waals surface area contributed by atoms with Crippen LogP contribution in [0.2, 0.25) is 0 Å². The highest BCUT2D eigenvalue weighted by molar-refractivity contribution is 5.93. The molecule has 0 spiro atoms. The molecule has 0 aliphatic carbocycles. The van der Waals surface area contributed by atoms with Gasteiger partial charge in [-0.3, -0.25) is 5.43 Å². The van der Waals surface area contributed by atoms with Crippen LogP contribution < -0.4 is 21.9 Å². The molecule has 2 atom stereocenters. The number of nitrogens with two attached hydrogens (primary N) is 1. The quantitative estimate of drug-likeness (QED) is 0.293. The molecule has 0 bridgehead atoms. The van der Waals surface area contributed by atoms with E-state index in [1.165, 1.54) is 13.0 Å². The fourth-order valence-corrected chi connectivity index (χ4v) is 0.986. The number of hydrogen-bond donors (Lipinski definition) is 6. The van der Waals surface area contributed by atoms with Crippen molar-refractivity contribution in [3.05, 3.63) is 11.9 Å². The first-order valence-corrected chi connectivity index (χ1v) is 4.49. The van der Waals surface area contributed by atoms with E-state index in [0.29, 0.717) is 11.7 Å². The Kier molecular flexibility index (Phi) is 3.72. The molecule has 0 radical (unpaired) electrons. The lowest BCUT2D eigenvalue weighted by atomic mass is 10.4. The van der Waals surface area contributed by atoms with E-state index in [1.807, 2.05) is 0 Å². The van der Waals surface area contributed by atoms with Crippen LogP contribution in [0.5, 0.6) is 0 Å². The third-order valence-corrected chi connectivity index (χ3v) is 1.40. The first-order valence-electron chi connectivity index (χ1n) is 4.49. The highest BCUT2D eigenvalue weighted by Gasteiger charge is 2.12. The Labute approximate surface area is 87.4 Å². The molecule has 0 aromatic heterocycles. The molecule has 0 saturated heterocycles. The fraction of sp³-hybridized carbons (Fsp3) is 0.571. The second-order valence-electron chi connectivity index (χ2n) is 3.13. The molecule has 1 aliphatic rings. The summed E-state index contributed by atoms with van der Waals surface area (Å²) < 4.78 is 0. The van der Waals surface area contributed by atoms with Gasteiger partial charge in [-0.1, -0.05) is 0 Å². The summed E-state index contributed by atoms with van der Waals surface area (Å²) in [5.74, 6) is 0.718. The van der Waals surface area contributed by atoms with Crippen LogP contribution in [0.1, 0.15) is 13.8 Å². The summed E-state index contributed by atoms with van der Waals surface area (Å²) in [6.07, 6.45) is 0.00619. The molecule has 0 aromatic rings. The Morgan fingerprint density at radius 2 is 2.13 bits per heavy atom. The zero-order chi connectivity index (χ0) is 11.4. The van der Waals surface area contributed by atoms with Crippen LogP contribution in [0.25, 0.3) is 0 Å². The molecule has 1 heterocycles. The monoisotopic (exact) mass is 216 g/mol. The Morgan fingerprint density at radius 1 is 1.47 bits per heavy atom. The summed E-state index contributed by atoms with van der Waals surface area (Å²) in [7, 11) is 0. The SMILES string of the molecule is CC(O)NC1=NN(NC(C)O)NC(N)=C1. The number of amidine groups is 1. The predicted octanol–water partition coefficient (Wildman–Crippen LogP) is -2.31. The van der Waals surface area contributed by atoms with E-state index < -0.39 is 12.5 Å². The summed E-state index contributed by atoms with van der Waals surface area (Å²) in [5.41, 5.74) is 10.8. The number of aliphatic hydroxyl groups is 2. The van der Waals surface area contributed by atoms with Crippen LogP contribution in [0.15, 0.2) is 17.0 Å². The summed E-state index contributed by atoms with van der Waals surface area (Å²) in [4.78, 5) is 0. The molecule has 86 valence electrons. The maximum atomic E-state index is 9.09. The molecule has 0 saturated carbocycles. The van der Waals surface area contributed by atoms with Crippen LogP contribution >= 0.6 is 0 Å². The molecule has 8 heteroatoms. The van der Waals surface area contributed by atoms with E-state index in [0.717, 1.165) is 5.23 Å². The van der Waals surface area contributed by atoms with E-state index in [2.05, 4.69) is 21.3 Å². The van der Waals surface area contributed by atoms with Gasteiger partial charge in [0.25, 0.3) is 0 Å². The predicted molar refractivity (Wildman–Crippen MR) is 54.3 cm³/mol. The van der Waals surface area contributed by atoms with Gasteiger partial charge in [0.2, 0.25) is 0 Å². The molecule has 2 unspecified atom stereocenters. The van der Waals surface area contributed by atoms with Crippen LogP contribution in [0, 0.1) is 0 Å². The zero-order valence-corrected chi connectivity index (χ0v) is 8.60. The Bertz CT molecular complexity index is 275. The average molecular weight is 216 g/mol. The number of rotatable bonds is 3. The van der Waals surface area contributed by atoms with E-state index in [4.69, 9.17) is 15.9 Å².